The summed E-state index contributed by atoms with van der Waals surface area (Å²) in [7, 11) is 0. The van der Waals surface area contributed by atoms with Crippen molar-refractivity contribution in [2.45, 2.75) is 18.3 Å². The maximum Gasteiger partial charge on any atom is 0.277 e. The maximum absolute atomic E-state index is 13.6. The number of hydrogen-bond acceptors (Lipinski definition) is 6. The minimum absolute atomic E-state index is 0.0406. The van der Waals surface area contributed by atoms with Crippen molar-refractivity contribution in [3.63, 3.8) is 0 Å². The summed E-state index contributed by atoms with van der Waals surface area (Å²) in [5, 5.41) is 9.91. The van der Waals surface area contributed by atoms with E-state index in [-0.39, 0.29) is 28.3 Å². The van der Waals surface area contributed by atoms with Crippen LogP contribution in [0.15, 0.2) is 52.1 Å². The Bertz CT molecular complexity index is 983. The molecule has 0 spiro atoms. The molecule has 0 radical (unpaired) electrons. The first-order valence-electron chi connectivity index (χ1n) is 8.04. The molecule has 0 unspecified atom stereocenters. The van der Waals surface area contributed by atoms with Crippen molar-refractivity contribution in [2.24, 2.45) is 0 Å². The lowest BCUT2D eigenvalue weighted by atomic mass is 10.3. The summed E-state index contributed by atoms with van der Waals surface area (Å²) in [5.74, 6) is -2.55. The highest BCUT2D eigenvalue weighted by Crippen LogP contribution is 2.25. The van der Waals surface area contributed by atoms with E-state index in [4.69, 9.17) is 9.15 Å². The Morgan fingerprint density at radius 3 is 2.75 bits per heavy atom. The van der Waals surface area contributed by atoms with Crippen molar-refractivity contribution >= 4 is 23.4 Å². The van der Waals surface area contributed by atoms with E-state index in [1.165, 1.54) is 18.2 Å². The number of anilines is 1. The molecule has 0 saturated heterocycles. The van der Waals surface area contributed by atoms with Gasteiger partial charge in [0.25, 0.3) is 11.1 Å². The van der Waals surface area contributed by atoms with E-state index in [9.17, 15) is 18.0 Å². The molecule has 1 aromatic heterocycles. The lowest BCUT2D eigenvalue weighted by molar-refractivity contribution is -0.113. The van der Waals surface area contributed by atoms with Crippen molar-refractivity contribution in [1.29, 1.82) is 0 Å². The third-order valence-electron chi connectivity index (χ3n) is 3.44. The zero-order valence-electron chi connectivity index (χ0n) is 14.5. The van der Waals surface area contributed by atoms with Gasteiger partial charge in [-0.25, -0.2) is 13.2 Å². The monoisotopic (exact) mass is 409 g/mol. The number of halogens is 3. The number of rotatable bonds is 7. The molecule has 0 aliphatic heterocycles. The van der Waals surface area contributed by atoms with Crippen molar-refractivity contribution in [3.8, 4) is 5.75 Å². The van der Waals surface area contributed by atoms with Gasteiger partial charge in [-0.3, -0.25) is 4.79 Å². The SMILES string of the molecule is C[C@@H](Oc1ccccc1F)c1nnc(SCC(=O)Nc2cc(F)ccc2F)o1. The topological polar surface area (TPSA) is 77.2 Å². The number of ether oxygens (including phenoxy) is 1. The zero-order chi connectivity index (χ0) is 20.1. The molecule has 2 aromatic carbocycles. The standard InChI is InChI=1S/C18H14F3N3O3S/c1-10(26-15-5-3-2-4-13(15)21)17-23-24-18(27-17)28-9-16(25)22-14-8-11(19)6-7-12(14)20/h2-8,10H,9H2,1H3,(H,22,25)/t10-/m1/s1. The van der Waals surface area contributed by atoms with Crippen LogP contribution in [0.5, 0.6) is 5.75 Å². The molecule has 1 N–H and O–H groups in total. The molecule has 28 heavy (non-hydrogen) atoms. The predicted octanol–water partition coefficient (Wildman–Crippen LogP) is 4.36. The van der Waals surface area contributed by atoms with Gasteiger partial charge in [0.1, 0.15) is 11.6 Å². The fourth-order valence-electron chi connectivity index (χ4n) is 2.13. The number of benzene rings is 2. The number of hydrogen-bond donors (Lipinski definition) is 1. The highest BCUT2D eigenvalue weighted by atomic mass is 32.2. The van der Waals surface area contributed by atoms with Crippen LogP contribution in [0.2, 0.25) is 0 Å². The molecule has 0 aliphatic rings. The van der Waals surface area contributed by atoms with Gasteiger partial charge in [-0.1, -0.05) is 23.9 Å². The fraction of sp³-hybridized carbons (Fsp3) is 0.167. The number of para-hydroxylation sites is 1. The van der Waals surface area contributed by atoms with E-state index in [0.717, 1.165) is 30.0 Å². The summed E-state index contributed by atoms with van der Waals surface area (Å²) in [6.07, 6.45) is -0.714. The third-order valence-corrected chi connectivity index (χ3v) is 4.26. The van der Waals surface area contributed by atoms with Gasteiger partial charge in [-0.2, -0.15) is 0 Å². The molecular weight excluding hydrogens is 395 g/mol. The molecule has 10 heteroatoms. The Labute approximate surface area is 162 Å². The van der Waals surface area contributed by atoms with Crippen molar-refractivity contribution < 1.29 is 27.1 Å². The fourth-order valence-corrected chi connectivity index (χ4v) is 2.70. The second-order valence-electron chi connectivity index (χ2n) is 5.56. The van der Waals surface area contributed by atoms with E-state index in [0.29, 0.717) is 0 Å². The predicted molar refractivity (Wildman–Crippen MR) is 95.5 cm³/mol. The molecule has 6 nitrogen and oxygen atoms in total. The first kappa shape index (κ1) is 19.7. The Hall–Kier alpha value is -3.01. The van der Waals surface area contributed by atoms with Crippen LogP contribution in [0.3, 0.4) is 0 Å². The highest BCUT2D eigenvalue weighted by Gasteiger charge is 2.18. The zero-order valence-corrected chi connectivity index (χ0v) is 15.3. The van der Waals surface area contributed by atoms with Crippen molar-refractivity contribution in [3.05, 3.63) is 65.8 Å². The van der Waals surface area contributed by atoms with Crippen LogP contribution in [0.1, 0.15) is 18.9 Å². The number of carbonyl (C=O) groups is 1. The molecule has 0 saturated carbocycles. The number of carbonyl (C=O) groups excluding carboxylic acids is 1. The number of amides is 1. The van der Waals surface area contributed by atoms with Gasteiger partial charge in [0.2, 0.25) is 5.91 Å². The van der Waals surface area contributed by atoms with Crippen LogP contribution in [-0.4, -0.2) is 21.9 Å². The minimum Gasteiger partial charge on any atom is -0.478 e. The number of thioether (sulfide) groups is 1. The van der Waals surface area contributed by atoms with Gasteiger partial charge >= 0.3 is 0 Å². The van der Waals surface area contributed by atoms with Gasteiger partial charge in [-0.05, 0) is 31.2 Å². The van der Waals surface area contributed by atoms with E-state index in [2.05, 4.69) is 15.5 Å². The quantitative estimate of drug-likeness (QED) is 0.585. The maximum atomic E-state index is 13.6. The summed E-state index contributed by atoms with van der Waals surface area (Å²) in [5.41, 5.74) is -0.260. The van der Waals surface area contributed by atoms with E-state index in [1.807, 2.05) is 0 Å². The molecule has 0 fully saturated rings. The first-order chi connectivity index (χ1) is 13.4. The Morgan fingerprint density at radius 2 is 1.96 bits per heavy atom. The molecule has 0 bridgehead atoms. The van der Waals surface area contributed by atoms with Crippen molar-refractivity contribution in [1.82, 2.24) is 10.2 Å². The second kappa shape index (κ2) is 8.79. The molecule has 1 atom stereocenters. The summed E-state index contributed by atoms with van der Waals surface area (Å²) in [6.45, 7) is 1.60. The minimum atomic E-state index is -0.751. The van der Waals surface area contributed by atoms with Gasteiger partial charge < -0.3 is 14.5 Å². The summed E-state index contributed by atoms with van der Waals surface area (Å²) < 4.78 is 51.1. The second-order valence-corrected chi connectivity index (χ2v) is 6.48. The highest BCUT2D eigenvalue weighted by molar-refractivity contribution is 7.99. The van der Waals surface area contributed by atoms with E-state index in [1.54, 1.807) is 13.0 Å². The Morgan fingerprint density at radius 1 is 1.18 bits per heavy atom. The number of nitrogens with zero attached hydrogens (tertiary/aromatic N) is 2. The van der Waals surface area contributed by atoms with Crippen LogP contribution in [0.4, 0.5) is 18.9 Å². The summed E-state index contributed by atoms with van der Waals surface area (Å²) >= 11 is 0.907. The lowest BCUT2D eigenvalue weighted by Crippen LogP contribution is -2.15. The smallest absolute Gasteiger partial charge is 0.277 e. The number of nitrogens with one attached hydrogen (secondary N) is 1. The van der Waals surface area contributed by atoms with Crippen LogP contribution in [0, 0.1) is 17.5 Å². The van der Waals surface area contributed by atoms with Gasteiger partial charge in [0.15, 0.2) is 17.7 Å². The van der Waals surface area contributed by atoms with Crippen LogP contribution < -0.4 is 10.1 Å². The van der Waals surface area contributed by atoms with E-state index >= 15 is 0 Å². The van der Waals surface area contributed by atoms with Crippen LogP contribution in [0.25, 0.3) is 0 Å². The Balaban J connectivity index is 1.55. The molecule has 146 valence electrons. The molecule has 3 rings (SSSR count). The largest absolute Gasteiger partial charge is 0.478 e. The molecular formula is C18H14F3N3O3S. The summed E-state index contributed by atoms with van der Waals surface area (Å²) in [6, 6.07) is 8.63. The summed E-state index contributed by atoms with van der Waals surface area (Å²) in [4.78, 5) is 11.9. The molecule has 0 aliphatic carbocycles. The van der Waals surface area contributed by atoms with Crippen LogP contribution in [-0.2, 0) is 4.79 Å². The molecule has 1 amide bonds. The molecule has 1 heterocycles. The average molecular weight is 409 g/mol. The van der Waals surface area contributed by atoms with Crippen molar-refractivity contribution in [2.75, 3.05) is 11.1 Å². The Kier molecular flexibility index (Phi) is 6.19. The lowest BCUT2D eigenvalue weighted by Gasteiger charge is -2.11. The van der Waals surface area contributed by atoms with Crippen LogP contribution >= 0.6 is 11.8 Å². The normalized spacial score (nSPS) is 11.9. The van der Waals surface area contributed by atoms with Gasteiger partial charge in [0, 0.05) is 6.07 Å². The molecule has 3 aromatic rings. The van der Waals surface area contributed by atoms with Gasteiger partial charge in [0.05, 0.1) is 11.4 Å². The van der Waals surface area contributed by atoms with E-state index < -0.39 is 29.5 Å². The van der Waals surface area contributed by atoms with Gasteiger partial charge in [-0.15, -0.1) is 10.2 Å². The number of aromatic nitrogens is 2. The third kappa shape index (κ3) is 5.03. The first-order valence-corrected chi connectivity index (χ1v) is 9.03. The average Bonchev–Trinajstić information content (AvgIpc) is 3.14.